The summed E-state index contributed by atoms with van der Waals surface area (Å²) in [7, 11) is 0. The Hall–Kier alpha value is -1.87. The zero-order valence-electron chi connectivity index (χ0n) is 15.0. The highest BCUT2D eigenvalue weighted by molar-refractivity contribution is 5.87. The SMILES string of the molecule is C[C@@H]1C[C@@H](C)C[NH+](CC(=O)N[C@@H](C)c2cccc3ccccc23)C1. The van der Waals surface area contributed by atoms with Gasteiger partial charge in [-0.1, -0.05) is 56.3 Å². The number of quaternary nitrogens is 1. The van der Waals surface area contributed by atoms with Crippen LogP contribution in [0.5, 0.6) is 0 Å². The summed E-state index contributed by atoms with van der Waals surface area (Å²) in [4.78, 5) is 13.9. The largest absolute Gasteiger partial charge is 0.345 e. The lowest BCUT2D eigenvalue weighted by atomic mass is 9.92. The molecule has 128 valence electrons. The van der Waals surface area contributed by atoms with E-state index in [-0.39, 0.29) is 11.9 Å². The fourth-order valence-electron chi connectivity index (χ4n) is 4.29. The zero-order valence-corrected chi connectivity index (χ0v) is 15.0. The van der Waals surface area contributed by atoms with Crippen molar-refractivity contribution in [3.63, 3.8) is 0 Å². The Morgan fingerprint density at radius 3 is 2.54 bits per heavy atom. The highest BCUT2D eigenvalue weighted by atomic mass is 16.2. The predicted molar refractivity (Wildman–Crippen MR) is 99.0 cm³/mol. The van der Waals surface area contributed by atoms with E-state index in [1.54, 1.807) is 0 Å². The number of nitrogens with one attached hydrogen (secondary N) is 2. The molecule has 24 heavy (non-hydrogen) atoms. The van der Waals surface area contributed by atoms with E-state index < -0.39 is 0 Å². The van der Waals surface area contributed by atoms with Gasteiger partial charge in [-0.25, -0.2) is 0 Å². The van der Waals surface area contributed by atoms with Gasteiger partial charge in [0.15, 0.2) is 6.54 Å². The molecule has 2 aromatic carbocycles. The maximum absolute atomic E-state index is 12.5. The first-order valence-electron chi connectivity index (χ1n) is 9.13. The first-order chi connectivity index (χ1) is 11.5. The first-order valence-corrected chi connectivity index (χ1v) is 9.13. The molecule has 3 heteroatoms. The van der Waals surface area contributed by atoms with Crippen molar-refractivity contribution >= 4 is 16.7 Å². The molecule has 2 N–H and O–H groups in total. The molecule has 3 nitrogen and oxygen atoms in total. The van der Waals surface area contributed by atoms with E-state index in [4.69, 9.17) is 0 Å². The van der Waals surface area contributed by atoms with Crippen LogP contribution in [0.25, 0.3) is 10.8 Å². The van der Waals surface area contributed by atoms with E-state index in [2.05, 4.69) is 68.6 Å². The summed E-state index contributed by atoms with van der Waals surface area (Å²) in [6.07, 6.45) is 1.29. The van der Waals surface area contributed by atoms with Crippen LogP contribution in [0.3, 0.4) is 0 Å². The fourth-order valence-corrected chi connectivity index (χ4v) is 4.29. The summed E-state index contributed by atoms with van der Waals surface area (Å²) in [6, 6.07) is 14.7. The summed E-state index contributed by atoms with van der Waals surface area (Å²) in [5.74, 6) is 1.59. The molecular weight excluding hydrogens is 296 g/mol. The molecule has 0 saturated carbocycles. The van der Waals surface area contributed by atoms with E-state index in [0.29, 0.717) is 18.4 Å². The normalized spacial score (nSPS) is 25.4. The van der Waals surface area contributed by atoms with Gasteiger partial charge in [0, 0.05) is 11.8 Å². The molecule has 1 amide bonds. The number of hydrogen-bond donors (Lipinski definition) is 2. The minimum absolute atomic E-state index is 0.0302. The van der Waals surface area contributed by atoms with Gasteiger partial charge in [-0.15, -0.1) is 0 Å². The smallest absolute Gasteiger partial charge is 0.275 e. The molecule has 2 aromatic rings. The van der Waals surface area contributed by atoms with Crippen LogP contribution < -0.4 is 10.2 Å². The van der Waals surface area contributed by atoms with Crippen molar-refractivity contribution in [2.75, 3.05) is 19.6 Å². The summed E-state index contributed by atoms with van der Waals surface area (Å²) in [5.41, 5.74) is 1.19. The Labute approximate surface area is 145 Å². The van der Waals surface area contributed by atoms with Crippen LogP contribution in [0, 0.1) is 11.8 Å². The van der Waals surface area contributed by atoms with Crippen LogP contribution in [-0.4, -0.2) is 25.5 Å². The lowest BCUT2D eigenvalue weighted by Crippen LogP contribution is -3.15. The number of hydrogen-bond acceptors (Lipinski definition) is 1. The molecular formula is C21H29N2O+. The molecule has 0 aromatic heterocycles. The lowest BCUT2D eigenvalue weighted by molar-refractivity contribution is -0.904. The van der Waals surface area contributed by atoms with Gasteiger partial charge in [0.05, 0.1) is 19.1 Å². The van der Waals surface area contributed by atoms with E-state index in [0.717, 1.165) is 13.1 Å². The van der Waals surface area contributed by atoms with E-state index in [1.807, 2.05) is 0 Å². The highest BCUT2D eigenvalue weighted by Gasteiger charge is 2.27. The molecule has 1 aliphatic rings. The van der Waals surface area contributed by atoms with Crippen LogP contribution in [0.4, 0.5) is 0 Å². The van der Waals surface area contributed by atoms with Crippen LogP contribution in [0.1, 0.15) is 38.8 Å². The van der Waals surface area contributed by atoms with Crippen molar-refractivity contribution in [2.45, 2.75) is 33.2 Å². The molecule has 1 aliphatic heterocycles. The molecule has 0 spiro atoms. The second-order valence-corrected chi connectivity index (χ2v) is 7.64. The third-order valence-corrected chi connectivity index (χ3v) is 5.16. The van der Waals surface area contributed by atoms with E-state index in [9.17, 15) is 4.79 Å². The summed E-state index contributed by atoms with van der Waals surface area (Å²) >= 11 is 0. The Morgan fingerprint density at radius 2 is 1.79 bits per heavy atom. The number of piperidine rings is 1. The molecule has 1 saturated heterocycles. The zero-order chi connectivity index (χ0) is 17.1. The van der Waals surface area contributed by atoms with Gasteiger partial charge in [-0.05, 0) is 29.7 Å². The number of carbonyl (C=O) groups excluding carboxylic acids is 1. The van der Waals surface area contributed by atoms with Crippen molar-refractivity contribution in [1.29, 1.82) is 0 Å². The minimum Gasteiger partial charge on any atom is -0.345 e. The average Bonchev–Trinajstić information content (AvgIpc) is 2.53. The second-order valence-electron chi connectivity index (χ2n) is 7.64. The minimum atomic E-state index is 0.0302. The van der Waals surface area contributed by atoms with Crippen LogP contribution in [-0.2, 0) is 4.79 Å². The summed E-state index contributed by atoms with van der Waals surface area (Å²) < 4.78 is 0. The maximum atomic E-state index is 12.5. The monoisotopic (exact) mass is 325 g/mol. The van der Waals surface area contributed by atoms with Crippen molar-refractivity contribution in [1.82, 2.24) is 5.32 Å². The van der Waals surface area contributed by atoms with E-state index in [1.165, 1.54) is 27.7 Å². The number of fused-ring (bicyclic) bond motifs is 1. The number of amides is 1. The molecule has 0 bridgehead atoms. The maximum Gasteiger partial charge on any atom is 0.275 e. The van der Waals surface area contributed by atoms with Gasteiger partial charge in [0.2, 0.25) is 0 Å². The molecule has 0 unspecified atom stereocenters. The molecule has 0 aliphatic carbocycles. The topological polar surface area (TPSA) is 33.5 Å². The van der Waals surface area contributed by atoms with Gasteiger partial charge in [0.1, 0.15) is 0 Å². The summed E-state index contributed by atoms with van der Waals surface area (Å²) in [6.45, 7) is 9.49. The lowest BCUT2D eigenvalue weighted by Gasteiger charge is -2.31. The Balaban J connectivity index is 1.65. The first kappa shape index (κ1) is 17.0. The number of carbonyl (C=O) groups is 1. The Morgan fingerprint density at radius 1 is 1.12 bits per heavy atom. The fraction of sp³-hybridized carbons (Fsp3) is 0.476. The average molecular weight is 325 g/mol. The van der Waals surface area contributed by atoms with Gasteiger partial charge < -0.3 is 10.2 Å². The van der Waals surface area contributed by atoms with Crippen molar-refractivity contribution in [2.24, 2.45) is 11.8 Å². The second kappa shape index (κ2) is 7.35. The molecule has 1 heterocycles. The quantitative estimate of drug-likeness (QED) is 0.890. The van der Waals surface area contributed by atoms with Crippen LogP contribution in [0.15, 0.2) is 42.5 Å². The van der Waals surface area contributed by atoms with Crippen molar-refractivity contribution in [3.8, 4) is 0 Å². The van der Waals surface area contributed by atoms with E-state index >= 15 is 0 Å². The molecule has 3 atom stereocenters. The van der Waals surface area contributed by atoms with Gasteiger partial charge >= 0.3 is 0 Å². The van der Waals surface area contributed by atoms with Crippen molar-refractivity contribution < 1.29 is 9.69 Å². The predicted octanol–water partition coefficient (Wildman–Crippen LogP) is 2.58. The number of likely N-dealkylation sites (tertiary alicyclic amines) is 1. The van der Waals surface area contributed by atoms with Crippen LogP contribution >= 0.6 is 0 Å². The third kappa shape index (κ3) is 3.96. The van der Waals surface area contributed by atoms with Gasteiger partial charge in [0.25, 0.3) is 5.91 Å². The van der Waals surface area contributed by atoms with Gasteiger partial charge in [-0.2, -0.15) is 0 Å². The highest BCUT2D eigenvalue weighted by Crippen LogP contribution is 2.23. The Kier molecular flexibility index (Phi) is 5.20. The van der Waals surface area contributed by atoms with Crippen LogP contribution in [0.2, 0.25) is 0 Å². The molecule has 0 radical (unpaired) electrons. The van der Waals surface area contributed by atoms with Crippen molar-refractivity contribution in [3.05, 3.63) is 48.0 Å². The summed E-state index contributed by atoms with van der Waals surface area (Å²) in [5, 5.41) is 5.65. The third-order valence-electron chi connectivity index (χ3n) is 5.16. The number of benzene rings is 2. The van der Waals surface area contributed by atoms with Gasteiger partial charge in [-0.3, -0.25) is 4.79 Å². The number of rotatable bonds is 4. The standard InChI is InChI=1S/C21H28N2O/c1-15-11-16(2)13-23(12-15)14-21(24)22-17(3)19-10-6-8-18-7-4-5-9-20(18)19/h4-10,15-17H,11-14H2,1-3H3,(H,22,24)/p+1/t15-,16-,17+/m1/s1. The molecule has 3 rings (SSSR count). The molecule has 1 fully saturated rings. The Bertz CT molecular complexity index is 697.